The van der Waals surface area contributed by atoms with Crippen molar-refractivity contribution in [2.24, 2.45) is 0 Å². The summed E-state index contributed by atoms with van der Waals surface area (Å²) >= 11 is 0. The molecule has 0 aromatic heterocycles. The van der Waals surface area contributed by atoms with E-state index in [0.29, 0.717) is 5.69 Å². The molecule has 0 unspecified atom stereocenters. The highest BCUT2D eigenvalue weighted by Crippen LogP contribution is 2.18. The highest BCUT2D eigenvalue weighted by molar-refractivity contribution is 5.85. The third-order valence-corrected chi connectivity index (χ3v) is 2.44. The Morgan fingerprint density at radius 3 is 2.47 bits per heavy atom. The van der Waals surface area contributed by atoms with Crippen molar-refractivity contribution in [3.63, 3.8) is 0 Å². The Morgan fingerprint density at radius 1 is 1.11 bits per heavy atom. The Hall–Kier alpha value is -2.62. The van der Waals surface area contributed by atoms with Gasteiger partial charge in [0, 0.05) is 17.5 Å². The Bertz CT molecular complexity index is 606. The summed E-state index contributed by atoms with van der Waals surface area (Å²) in [5, 5.41) is 11.6. The normalized spacial score (nSPS) is 10.6. The average molecular weight is 257 g/mol. The van der Waals surface area contributed by atoms with Crippen molar-refractivity contribution in [3.05, 3.63) is 66.0 Å². The molecule has 0 amide bonds. The molecule has 0 fully saturated rings. The Labute approximate surface area is 110 Å². The lowest BCUT2D eigenvalue weighted by Gasteiger charge is -2.06. The van der Waals surface area contributed by atoms with Gasteiger partial charge >= 0.3 is 5.97 Å². The van der Waals surface area contributed by atoms with Gasteiger partial charge in [0.05, 0.1) is 0 Å². The first-order chi connectivity index (χ1) is 9.13. The first-order valence-electron chi connectivity index (χ1n) is 5.67. The van der Waals surface area contributed by atoms with Crippen molar-refractivity contribution in [1.82, 2.24) is 0 Å². The average Bonchev–Trinajstić information content (AvgIpc) is 2.38. The quantitative estimate of drug-likeness (QED) is 0.822. The largest absolute Gasteiger partial charge is 0.478 e. The molecule has 0 bridgehead atoms. The van der Waals surface area contributed by atoms with Crippen LogP contribution in [-0.4, -0.2) is 11.1 Å². The molecular weight excluding hydrogens is 245 g/mol. The van der Waals surface area contributed by atoms with Crippen LogP contribution < -0.4 is 5.32 Å². The molecule has 0 spiro atoms. The number of carbonyl (C=O) groups is 1. The maximum atomic E-state index is 13.0. The molecule has 3 nitrogen and oxygen atoms in total. The molecule has 19 heavy (non-hydrogen) atoms. The van der Waals surface area contributed by atoms with Crippen LogP contribution in [0.2, 0.25) is 0 Å². The van der Waals surface area contributed by atoms with E-state index in [0.717, 1.165) is 17.3 Å². The minimum absolute atomic E-state index is 0.300. The van der Waals surface area contributed by atoms with Crippen LogP contribution in [0, 0.1) is 5.82 Å². The minimum atomic E-state index is -0.984. The lowest BCUT2D eigenvalue weighted by atomic mass is 10.2. The number of hydrogen-bond donors (Lipinski definition) is 2. The second-order valence-corrected chi connectivity index (χ2v) is 3.93. The maximum absolute atomic E-state index is 13.0. The third kappa shape index (κ3) is 3.96. The van der Waals surface area contributed by atoms with Gasteiger partial charge in [-0.15, -0.1) is 0 Å². The summed E-state index contributed by atoms with van der Waals surface area (Å²) in [5.74, 6) is -1.28. The zero-order chi connectivity index (χ0) is 13.7. The number of benzene rings is 2. The van der Waals surface area contributed by atoms with Crippen LogP contribution in [0.15, 0.2) is 54.6 Å². The van der Waals surface area contributed by atoms with Crippen LogP contribution in [0.4, 0.5) is 15.8 Å². The fourth-order valence-electron chi connectivity index (χ4n) is 1.58. The van der Waals surface area contributed by atoms with Crippen molar-refractivity contribution in [1.29, 1.82) is 0 Å². The SMILES string of the molecule is O=C(O)/C=C/c1ccc(Nc2cccc(F)c2)cc1. The molecule has 0 aliphatic heterocycles. The molecule has 0 heterocycles. The van der Waals surface area contributed by atoms with E-state index in [-0.39, 0.29) is 5.82 Å². The predicted molar refractivity (Wildman–Crippen MR) is 72.8 cm³/mol. The summed E-state index contributed by atoms with van der Waals surface area (Å²) in [4.78, 5) is 10.4. The van der Waals surface area contributed by atoms with Gasteiger partial charge in [-0.1, -0.05) is 18.2 Å². The van der Waals surface area contributed by atoms with Gasteiger partial charge < -0.3 is 10.4 Å². The highest BCUT2D eigenvalue weighted by atomic mass is 19.1. The van der Waals surface area contributed by atoms with Crippen LogP contribution in [0.5, 0.6) is 0 Å². The minimum Gasteiger partial charge on any atom is -0.478 e. The van der Waals surface area contributed by atoms with Gasteiger partial charge in [0.25, 0.3) is 0 Å². The Morgan fingerprint density at radius 2 is 1.84 bits per heavy atom. The van der Waals surface area contributed by atoms with Crippen molar-refractivity contribution in [2.75, 3.05) is 5.32 Å². The number of hydrogen-bond acceptors (Lipinski definition) is 2. The fourth-order valence-corrected chi connectivity index (χ4v) is 1.58. The smallest absolute Gasteiger partial charge is 0.328 e. The summed E-state index contributed by atoms with van der Waals surface area (Å²) in [6.45, 7) is 0. The van der Waals surface area contributed by atoms with Gasteiger partial charge in [0.2, 0.25) is 0 Å². The van der Waals surface area contributed by atoms with Gasteiger partial charge in [-0.25, -0.2) is 9.18 Å². The second kappa shape index (κ2) is 5.82. The molecule has 0 atom stereocenters. The van der Waals surface area contributed by atoms with Crippen LogP contribution >= 0.6 is 0 Å². The molecule has 4 heteroatoms. The van der Waals surface area contributed by atoms with Crippen LogP contribution in [-0.2, 0) is 4.79 Å². The van der Waals surface area contributed by atoms with Crippen LogP contribution in [0.1, 0.15) is 5.56 Å². The molecule has 96 valence electrons. The number of aliphatic carboxylic acids is 1. The molecule has 0 radical (unpaired) electrons. The predicted octanol–water partition coefficient (Wildman–Crippen LogP) is 3.67. The standard InChI is InChI=1S/C15H12FNO2/c16-12-2-1-3-14(10-12)17-13-7-4-11(5-8-13)6-9-15(18)19/h1-10,17H,(H,18,19)/b9-6+. The Balaban J connectivity index is 2.08. The molecule has 0 saturated heterocycles. The summed E-state index contributed by atoms with van der Waals surface area (Å²) < 4.78 is 13.0. The van der Waals surface area contributed by atoms with Crippen LogP contribution in [0.25, 0.3) is 6.08 Å². The molecule has 0 aliphatic rings. The maximum Gasteiger partial charge on any atom is 0.328 e. The van der Waals surface area contributed by atoms with E-state index >= 15 is 0 Å². The van der Waals surface area contributed by atoms with E-state index in [1.807, 2.05) is 0 Å². The number of carboxylic acid groups (broad SMARTS) is 1. The fraction of sp³-hybridized carbons (Fsp3) is 0. The van der Waals surface area contributed by atoms with Gasteiger partial charge in [-0.3, -0.25) is 0 Å². The summed E-state index contributed by atoms with van der Waals surface area (Å²) in [7, 11) is 0. The van der Waals surface area contributed by atoms with Gasteiger partial charge in [-0.2, -0.15) is 0 Å². The van der Waals surface area contributed by atoms with E-state index in [1.165, 1.54) is 18.2 Å². The molecule has 0 aliphatic carbocycles. The van der Waals surface area contributed by atoms with Crippen molar-refractivity contribution in [2.45, 2.75) is 0 Å². The number of carboxylic acids is 1. The Kier molecular flexibility index (Phi) is 3.93. The van der Waals surface area contributed by atoms with Crippen molar-refractivity contribution < 1.29 is 14.3 Å². The third-order valence-electron chi connectivity index (χ3n) is 2.44. The van der Waals surface area contributed by atoms with E-state index in [9.17, 15) is 9.18 Å². The summed E-state index contributed by atoms with van der Waals surface area (Å²) in [6, 6.07) is 13.3. The van der Waals surface area contributed by atoms with Gasteiger partial charge in [0.15, 0.2) is 0 Å². The van der Waals surface area contributed by atoms with E-state index in [2.05, 4.69) is 5.32 Å². The molecule has 2 N–H and O–H groups in total. The second-order valence-electron chi connectivity index (χ2n) is 3.93. The lowest BCUT2D eigenvalue weighted by molar-refractivity contribution is -0.131. The van der Waals surface area contributed by atoms with Gasteiger partial charge in [-0.05, 0) is 42.0 Å². The number of halogens is 1. The van der Waals surface area contributed by atoms with E-state index in [4.69, 9.17) is 5.11 Å². The number of rotatable bonds is 4. The molecule has 2 aromatic rings. The summed E-state index contributed by atoms with van der Waals surface area (Å²) in [5.41, 5.74) is 2.25. The topological polar surface area (TPSA) is 49.3 Å². The van der Waals surface area contributed by atoms with Crippen LogP contribution in [0.3, 0.4) is 0 Å². The highest BCUT2D eigenvalue weighted by Gasteiger charge is 1.96. The zero-order valence-corrected chi connectivity index (χ0v) is 10.0. The van der Waals surface area contributed by atoms with Crippen molar-refractivity contribution in [3.8, 4) is 0 Å². The van der Waals surface area contributed by atoms with Gasteiger partial charge in [0.1, 0.15) is 5.82 Å². The molecule has 0 saturated carbocycles. The monoisotopic (exact) mass is 257 g/mol. The number of anilines is 2. The molecule has 2 aromatic carbocycles. The molecular formula is C15H12FNO2. The first kappa shape index (κ1) is 12.8. The van der Waals surface area contributed by atoms with Crippen molar-refractivity contribution >= 4 is 23.4 Å². The number of nitrogens with one attached hydrogen (secondary N) is 1. The molecule has 2 rings (SSSR count). The van der Waals surface area contributed by atoms with E-state index < -0.39 is 5.97 Å². The van der Waals surface area contributed by atoms with E-state index in [1.54, 1.807) is 36.4 Å². The zero-order valence-electron chi connectivity index (χ0n) is 10.0. The first-order valence-corrected chi connectivity index (χ1v) is 5.67. The summed E-state index contributed by atoms with van der Waals surface area (Å²) in [6.07, 6.45) is 2.59. The lowest BCUT2D eigenvalue weighted by Crippen LogP contribution is -1.90.